The summed E-state index contributed by atoms with van der Waals surface area (Å²) in [7, 11) is 1.47. The number of nitrogens with one attached hydrogen (secondary N) is 1. The topological polar surface area (TPSA) is 88.7 Å². The number of amides is 1. The number of rotatable bonds is 5. The summed E-state index contributed by atoms with van der Waals surface area (Å²) in [5.74, 6) is 0.902. The molecule has 0 aliphatic heterocycles. The summed E-state index contributed by atoms with van der Waals surface area (Å²) in [4.78, 5) is 16.6. The molecule has 1 aromatic heterocycles. The lowest BCUT2D eigenvalue weighted by Gasteiger charge is -2.06. The number of methoxy groups -OCH3 is 1. The van der Waals surface area contributed by atoms with E-state index >= 15 is 0 Å². The SMILES string of the molecule is COc1cc(/C=N/NC(=O)Cn2c(C)nc3ccccc32)ccc1O. The molecule has 0 atom stereocenters. The Labute approximate surface area is 144 Å². The Morgan fingerprint density at radius 2 is 2.16 bits per heavy atom. The third-order valence-corrected chi connectivity index (χ3v) is 3.75. The highest BCUT2D eigenvalue weighted by Gasteiger charge is 2.10. The van der Waals surface area contributed by atoms with Crippen LogP contribution >= 0.6 is 0 Å². The fourth-order valence-electron chi connectivity index (χ4n) is 2.53. The Hall–Kier alpha value is -3.35. The van der Waals surface area contributed by atoms with Crippen LogP contribution in [0.4, 0.5) is 0 Å². The van der Waals surface area contributed by atoms with Gasteiger partial charge >= 0.3 is 0 Å². The number of aromatic hydroxyl groups is 1. The average molecular weight is 338 g/mol. The van der Waals surface area contributed by atoms with E-state index in [0.717, 1.165) is 16.9 Å². The summed E-state index contributed by atoms with van der Waals surface area (Å²) in [6.07, 6.45) is 1.48. The fourth-order valence-corrected chi connectivity index (χ4v) is 2.53. The van der Waals surface area contributed by atoms with E-state index in [9.17, 15) is 9.90 Å². The Morgan fingerprint density at radius 1 is 1.36 bits per heavy atom. The van der Waals surface area contributed by atoms with Crippen LogP contribution in [0, 0.1) is 6.92 Å². The monoisotopic (exact) mass is 338 g/mol. The zero-order valence-electron chi connectivity index (χ0n) is 13.9. The van der Waals surface area contributed by atoms with E-state index in [0.29, 0.717) is 11.3 Å². The van der Waals surface area contributed by atoms with Crippen LogP contribution in [-0.4, -0.2) is 33.9 Å². The first kappa shape index (κ1) is 16.5. The summed E-state index contributed by atoms with van der Waals surface area (Å²) in [6.45, 7) is 1.99. The first-order valence-electron chi connectivity index (χ1n) is 7.69. The van der Waals surface area contributed by atoms with Gasteiger partial charge in [-0.05, 0) is 42.8 Å². The highest BCUT2D eigenvalue weighted by atomic mass is 16.5. The molecular weight excluding hydrogens is 320 g/mol. The van der Waals surface area contributed by atoms with Crippen LogP contribution in [0.25, 0.3) is 11.0 Å². The number of ether oxygens (including phenoxy) is 1. The van der Waals surface area contributed by atoms with Crippen molar-refractivity contribution in [3.8, 4) is 11.5 Å². The number of hydrazone groups is 1. The van der Waals surface area contributed by atoms with Gasteiger partial charge in [-0.25, -0.2) is 10.4 Å². The number of benzene rings is 2. The first-order chi connectivity index (χ1) is 12.1. The van der Waals surface area contributed by atoms with Gasteiger partial charge in [0.15, 0.2) is 11.5 Å². The van der Waals surface area contributed by atoms with Gasteiger partial charge in [0.1, 0.15) is 12.4 Å². The molecule has 1 heterocycles. The van der Waals surface area contributed by atoms with Gasteiger partial charge in [0.2, 0.25) is 0 Å². The van der Waals surface area contributed by atoms with Crippen molar-refractivity contribution >= 4 is 23.2 Å². The molecule has 0 spiro atoms. The number of carbonyl (C=O) groups excluding carboxylic acids is 1. The number of aromatic nitrogens is 2. The first-order valence-corrected chi connectivity index (χ1v) is 7.69. The number of nitrogens with zero attached hydrogens (tertiary/aromatic N) is 3. The number of phenols is 1. The number of hydrogen-bond acceptors (Lipinski definition) is 5. The highest BCUT2D eigenvalue weighted by Crippen LogP contribution is 2.25. The molecule has 1 amide bonds. The molecule has 0 radical (unpaired) electrons. The molecule has 0 fully saturated rings. The molecule has 128 valence electrons. The maximum Gasteiger partial charge on any atom is 0.260 e. The Balaban J connectivity index is 1.67. The molecule has 0 saturated carbocycles. The smallest absolute Gasteiger partial charge is 0.260 e. The highest BCUT2D eigenvalue weighted by molar-refractivity contribution is 5.84. The molecule has 0 aliphatic rings. The van der Waals surface area contributed by atoms with E-state index in [2.05, 4.69) is 15.5 Å². The number of para-hydroxylation sites is 2. The molecule has 2 N–H and O–H groups in total. The Morgan fingerprint density at radius 3 is 2.96 bits per heavy atom. The van der Waals surface area contributed by atoms with Crippen LogP contribution in [-0.2, 0) is 11.3 Å². The van der Waals surface area contributed by atoms with Gasteiger partial charge in [0.05, 0.1) is 24.4 Å². The van der Waals surface area contributed by atoms with Crippen molar-refractivity contribution in [2.75, 3.05) is 7.11 Å². The maximum absolute atomic E-state index is 12.1. The third-order valence-electron chi connectivity index (χ3n) is 3.75. The van der Waals surface area contributed by atoms with Gasteiger partial charge in [0, 0.05) is 0 Å². The second-order valence-corrected chi connectivity index (χ2v) is 5.46. The Kier molecular flexibility index (Phi) is 4.65. The number of phenolic OH excluding ortho intramolecular Hbond substituents is 1. The fraction of sp³-hybridized carbons (Fsp3) is 0.167. The van der Waals surface area contributed by atoms with Crippen molar-refractivity contribution in [2.45, 2.75) is 13.5 Å². The quantitative estimate of drug-likeness (QED) is 0.551. The van der Waals surface area contributed by atoms with Crippen LogP contribution in [0.5, 0.6) is 11.5 Å². The number of aryl methyl sites for hydroxylation is 1. The number of hydrogen-bond donors (Lipinski definition) is 2. The van der Waals surface area contributed by atoms with Crippen LogP contribution in [0.1, 0.15) is 11.4 Å². The minimum absolute atomic E-state index is 0.0474. The van der Waals surface area contributed by atoms with Gasteiger partial charge in [-0.15, -0.1) is 0 Å². The molecule has 0 saturated heterocycles. The molecule has 3 aromatic rings. The number of carbonyl (C=O) groups is 1. The van der Waals surface area contributed by atoms with Gasteiger partial charge in [0.25, 0.3) is 5.91 Å². The number of fused-ring (bicyclic) bond motifs is 1. The summed E-state index contributed by atoms with van der Waals surface area (Å²) >= 11 is 0. The molecule has 2 aromatic carbocycles. The lowest BCUT2D eigenvalue weighted by atomic mass is 10.2. The lowest BCUT2D eigenvalue weighted by molar-refractivity contribution is -0.121. The Bertz CT molecular complexity index is 947. The van der Waals surface area contributed by atoms with Crippen LogP contribution in [0.15, 0.2) is 47.6 Å². The molecular formula is C18H18N4O3. The molecule has 25 heavy (non-hydrogen) atoms. The van der Waals surface area contributed by atoms with Crippen molar-refractivity contribution in [1.29, 1.82) is 0 Å². The van der Waals surface area contributed by atoms with Crippen LogP contribution < -0.4 is 10.2 Å². The zero-order valence-corrected chi connectivity index (χ0v) is 13.9. The van der Waals surface area contributed by atoms with E-state index in [1.807, 2.05) is 35.8 Å². The van der Waals surface area contributed by atoms with Crippen molar-refractivity contribution in [1.82, 2.24) is 15.0 Å². The van der Waals surface area contributed by atoms with Crippen LogP contribution in [0.2, 0.25) is 0 Å². The maximum atomic E-state index is 12.1. The van der Waals surface area contributed by atoms with Crippen molar-refractivity contribution in [2.24, 2.45) is 5.10 Å². The average Bonchev–Trinajstić information content (AvgIpc) is 2.92. The van der Waals surface area contributed by atoms with Crippen molar-refractivity contribution < 1.29 is 14.6 Å². The van der Waals surface area contributed by atoms with Gasteiger partial charge < -0.3 is 14.4 Å². The number of imidazole rings is 1. The van der Waals surface area contributed by atoms with Gasteiger partial charge in [-0.3, -0.25) is 4.79 Å². The van der Waals surface area contributed by atoms with E-state index in [1.54, 1.807) is 12.1 Å². The molecule has 0 bridgehead atoms. The van der Waals surface area contributed by atoms with E-state index < -0.39 is 0 Å². The largest absolute Gasteiger partial charge is 0.504 e. The molecule has 3 rings (SSSR count). The van der Waals surface area contributed by atoms with Crippen LogP contribution in [0.3, 0.4) is 0 Å². The van der Waals surface area contributed by atoms with Crippen molar-refractivity contribution in [3.63, 3.8) is 0 Å². The van der Waals surface area contributed by atoms with E-state index in [-0.39, 0.29) is 18.2 Å². The van der Waals surface area contributed by atoms with Crippen molar-refractivity contribution in [3.05, 3.63) is 53.9 Å². The third kappa shape index (κ3) is 3.60. The normalized spacial score (nSPS) is 11.1. The predicted octanol–water partition coefficient (Wildman–Crippen LogP) is 2.21. The molecule has 0 aliphatic carbocycles. The zero-order chi connectivity index (χ0) is 17.8. The second kappa shape index (κ2) is 7.04. The lowest BCUT2D eigenvalue weighted by Crippen LogP contribution is -2.23. The summed E-state index contributed by atoms with van der Waals surface area (Å²) in [5, 5.41) is 13.5. The summed E-state index contributed by atoms with van der Waals surface area (Å²) in [6, 6.07) is 12.5. The molecule has 7 heteroatoms. The minimum atomic E-state index is -0.256. The van der Waals surface area contributed by atoms with E-state index in [1.165, 1.54) is 19.4 Å². The molecule has 7 nitrogen and oxygen atoms in total. The second-order valence-electron chi connectivity index (χ2n) is 5.46. The summed E-state index contributed by atoms with van der Waals surface area (Å²) in [5.41, 5.74) is 4.94. The summed E-state index contributed by atoms with van der Waals surface area (Å²) < 4.78 is 6.87. The standard InChI is InChI=1S/C18H18N4O3/c1-12-20-14-5-3-4-6-15(14)22(12)11-18(24)21-19-10-13-7-8-16(23)17(9-13)25-2/h3-10,23H,11H2,1-2H3,(H,21,24)/b19-10+. The molecule has 0 unspecified atom stereocenters. The van der Waals surface area contributed by atoms with Gasteiger partial charge in [-0.1, -0.05) is 12.1 Å². The van der Waals surface area contributed by atoms with E-state index in [4.69, 9.17) is 4.74 Å². The minimum Gasteiger partial charge on any atom is -0.504 e. The predicted molar refractivity (Wildman–Crippen MR) is 94.9 cm³/mol. The van der Waals surface area contributed by atoms with Gasteiger partial charge in [-0.2, -0.15) is 5.10 Å².